The largest absolute Gasteiger partial charge is 0.399 e. The summed E-state index contributed by atoms with van der Waals surface area (Å²) >= 11 is 0. The second kappa shape index (κ2) is 5.50. The van der Waals surface area contributed by atoms with Crippen LogP contribution in [0.15, 0.2) is 65.7 Å². The van der Waals surface area contributed by atoms with E-state index < -0.39 is 0 Å². The summed E-state index contributed by atoms with van der Waals surface area (Å²) in [6.07, 6.45) is 2.87. The highest BCUT2D eigenvalue weighted by atomic mass is 16.1. The van der Waals surface area contributed by atoms with E-state index in [0.717, 1.165) is 22.6 Å². The molecule has 5 heteroatoms. The fourth-order valence-electron chi connectivity index (χ4n) is 2.01. The number of nitrogens with two attached hydrogens (primary N) is 1. The van der Waals surface area contributed by atoms with Crippen LogP contribution < -0.4 is 16.6 Å². The van der Waals surface area contributed by atoms with Gasteiger partial charge in [0.1, 0.15) is 0 Å². The van der Waals surface area contributed by atoms with E-state index in [0.29, 0.717) is 5.69 Å². The number of rotatable bonds is 3. The fraction of sp³-hybridized carbons (Fsp3) is 0. The van der Waals surface area contributed by atoms with Gasteiger partial charge < -0.3 is 16.0 Å². The maximum absolute atomic E-state index is 11.0. The van der Waals surface area contributed by atoms with Gasteiger partial charge in [-0.25, -0.2) is 4.98 Å². The first-order valence-corrected chi connectivity index (χ1v) is 6.48. The molecule has 0 radical (unpaired) electrons. The van der Waals surface area contributed by atoms with E-state index in [1.54, 1.807) is 6.20 Å². The van der Waals surface area contributed by atoms with Gasteiger partial charge in [0.2, 0.25) is 0 Å². The molecule has 1 aromatic heterocycles. The van der Waals surface area contributed by atoms with Gasteiger partial charge in [-0.2, -0.15) is 0 Å². The zero-order chi connectivity index (χ0) is 14.7. The van der Waals surface area contributed by atoms with Crippen LogP contribution in [0.3, 0.4) is 0 Å². The number of hydrogen-bond donors (Lipinski definition) is 3. The van der Waals surface area contributed by atoms with Crippen LogP contribution in [-0.2, 0) is 0 Å². The molecule has 4 N–H and O–H groups in total. The molecule has 3 rings (SSSR count). The third kappa shape index (κ3) is 3.09. The first kappa shape index (κ1) is 12.9. The smallest absolute Gasteiger partial charge is 0.266 e. The molecule has 104 valence electrons. The number of anilines is 3. The number of hydrogen-bond acceptors (Lipinski definition) is 4. The van der Waals surface area contributed by atoms with Crippen molar-refractivity contribution in [3.63, 3.8) is 0 Å². The Morgan fingerprint density at radius 1 is 1.05 bits per heavy atom. The maximum atomic E-state index is 11.0. The van der Waals surface area contributed by atoms with Gasteiger partial charge in [0.25, 0.3) is 5.56 Å². The quantitative estimate of drug-likeness (QED) is 0.643. The van der Waals surface area contributed by atoms with Crippen molar-refractivity contribution in [2.24, 2.45) is 0 Å². The van der Waals surface area contributed by atoms with E-state index in [-0.39, 0.29) is 5.56 Å². The monoisotopic (exact) mass is 278 g/mol. The Hall–Kier alpha value is -3.08. The van der Waals surface area contributed by atoms with Crippen molar-refractivity contribution in [2.45, 2.75) is 0 Å². The summed E-state index contributed by atoms with van der Waals surface area (Å²) in [5, 5.41) is 3.27. The summed E-state index contributed by atoms with van der Waals surface area (Å²) in [5.74, 6) is 0. The van der Waals surface area contributed by atoms with Gasteiger partial charge in [0.05, 0.1) is 11.9 Å². The van der Waals surface area contributed by atoms with E-state index in [9.17, 15) is 4.79 Å². The average molecular weight is 278 g/mol. The van der Waals surface area contributed by atoms with Gasteiger partial charge in [-0.05, 0) is 30.3 Å². The first-order valence-electron chi connectivity index (χ1n) is 6.48. The highest BCUT2D eigenvalue weighted by Gasteiger charge is 2.00. The predicted octanol–water partition coefficient (Wildman–Crippen LogP) is 2.76. The van der Waals surface area contributed by atoms with Crippen LogP contribution in [0, 0.1) is 0 Å². The molecule has 0 fully saturated rings. The SMILES string of the molecule is Nc1cccc(Nc2ccc(-c3c[nH]c(=O)cn3)cc2)c1. The number of nitrogens with zero attached hydrogens (tertiary/aromatic N) is 1. The minimum Gasteiger partial charge on any atom is -0.399 e. The van der Waals surface area contributed by atoms with Crippen LogP contribution in [-0.4, -0.2) is 9.97 Å². The molecule has 0 aliphatic heterocycles. The summed E-state index contributed by atoms with van der Waals surface area (Å²) in [6, 6.07) is 15.3. The Balaban J connectivity index is 1.81. The second-order valence-corrected chi connectivity index (χ2v) is 4.62. The van der Waals surface area contributed by atoms with Crippen LogP contribution in [0.2, 0.25) is 0 Å². The number of aromatic amines is 1. The molecule has 0 atom stereocenters. The minimum absolute atomic E-state index is 0.210. The summed E-state index contributed by atoms with van der Waals surface area (Å²) in [4.78, 5) is 17.7. The maximum Gasteiger partial charge on any atom is 0.266 e. The number of aromatic nitrogens is 2. The number of H-pyrrole nitrogens is 1. The average Bonchev–Trinajstić information content (AvgIpc) is 2.49. The van der Waals surface area contributed by atoms with E-state index >= 15 is 0 Å². The minimum atomic E-state index is -0.210. The van der Waals surface area contributed by atoms with Crippen LogP contribution >= 0.6 is 0 Å². The van der Waals surface area contributed by atoms with Crippen LogP contribution in [0.5, 0.6) is 0 Å². The van der Waals surface area contributed by atoms with Gasteiger partial charge in [-0.3, -0.25) is 4.79 Å². The molecule has 0 unspecified atom stereocenters. The predicted molar refractivity (Wildman–Crippen MR) is 84.4 cm³/mol. The number of benzene rings is 2. The molecule has 0 saturated heterocycles. The number of nitrogens with one attached hydrogen (secondary N) is 2. The van der Waals surface area contributed by atoms with Crippen molar-refractivity contribution in [2.75, 3.05) is 11.1 Å². The topological polar surface area (TPSA) is 83.8 Å². The van der Waals surface area contributed by atoms with Crippen LogP contribution in [0.4, 0.5) is 17.1 Å². The zero-order valence-corrected chi connectivity index (χ0v) is 11.2. The zero-order valence-electron chi connectivity index (χ0n) is 11.2. The lowest BCUT2D eigenvalue weighted by Gasteiger charge is -2.08. The third-order valence-corrected chi connectivity index (χ3v) is 3.03. The van der Waals surface area contributed by atoms with Crippen molar-refractivity contribution >= 4 is 17.1 Å². The summed E-state index contributed by atoms with van der Waals surface area (Å²) in [6.45, 7) is 0. The lowest BCUT2D eigenvalue weighted by Crippen LogP contribution is -2.04. The van der Waals surface area contributed by atoms with Crippen molar-refractivity contribution in [3.8, 4) is 11.3 Å². The van der Waals surface area contributed by atoms with Gasteiger partial charge >= 0.3 is 0 Å². The standard InChI is InChI=1S/C16H14N4O/c17-12-2-1-3-14(8-12)20-13-6-4-11(5-7-13)15-9-19-16(21)10-18-15/h1-10,20H,17H2,(H,19,21). The Morgan fingerprint density at radius 3 is 2.52 bits per heavy atom. The molecule has 2 aromatic carbocycles. The van der Waals surface area contributed by atoms with Gasteiger partial charge in [-0.1, -0.05) is 18.2 Å². The summed E-state index contributed by atoms with van der Waals surface area (Å²) in [7, 11) is 0. The molecular formula is C16H14N4O. The molecular weight excluding hydrogens is 264 g/mol. The van der Waals surface area contributed by atoms with Crippen LogP contribution in [0.25, 0.3) is 11.3 Å². The lowest BCUT2D eigenvalue weighted by molar-refractivity contribution is 1.14. The highest BCUT2D eigenvalue weighted by molar-refractivity contribution is 5.67. The molecule has 1 heterocycles. The molecule has 0 amide bonds. The summed E-state index contributed by atoms with van der Waals surface area (Å²) in [5.41, 5.74) is 9.80. The molecule has 0 bridgehead atoms. The van der Waals surface area contributed by atoms with E-state index in [1.807, 2.05) is 48.5 Å². The highest BCUT2D eigenvalue weighted by Crippen LogP contribution is 2.22. The van der Waals surface area contributed by atoms with Gasteiger partial charge in [0, 0.05) is 28.8 Å². The number of nitrogen functional groups attached to an aromatic ring is 1. The van der Waals surface area contributed by atoms with E-state index in [2.05, 4.69) is 15.3 Å². The van der Waals surface area contributed by atoms with Crippen molar-refractivity contribution < 1.29 is 0 Å². The van der Waals surface area contributed by atoms with Crippen molar-refractivity contribution in [1.29, 1.82) is 0 Å². The lowest BCUT2D eigenvalue weighted by atomic mass is 10.1. The van der Waals surface area contributed by atoms with Gasteiger partial charge in [-0.15, -0.1) is 0 Å². The fourth-order valence-corrected chi connectivity index (χ4v) is 2.01. The third-order valence-electron chi connectivity index (χ3n) is 3.03. The van der Waals surface area contributed by atoms with Crippen molar-refractivity contribution in [1.82, 2.24) is 9.97 Å². The normalized spacial score (nSPS) is 10.3. The molecule has 0 aliphatic carbocycles. The molecule has 0 spiro atoms. The molecule has 3 aromatic rings. The van der Waals surface area contributed by atoms with E-state index in [1.165, 1.54) is 6.20 Å². The van der Waals surface area contributed by atoms with Crippen molar-refractivity contribution in [3.05, 3.63) is 71.3 Å². The molecule has 5 nitrogen and oxygen atoms in total. The summed E-state index contributed by atoms with van der Waals surface area (Å²) < 4.78 is 0. The molecule has 21 heavy (non-hydrogen) atoms. The second-order valence-electron chi connectivity index (χ2n) is 4.62. The Bertz CT molecular complexity index is 789. The van der Waals surface area contributed by atoms with Crippen LogP contribution in [0.1, 0.15) is 0 Å². The molecule has 0 saturated carbocycles. The Morgan fingerprint density at radius 2 is 1.86 bits per heavy atom. The van der Waals surface area contributed by atoms with E-state index in [4.69, 9.17) is 5.73 Å². The molecule has 0 aliphatic rings. The Kier molecular flexibility index (Phi) is 3.39. The van der Waals surface area contributed by atoms with Gasteiger partial charge in [0.15, 0.2) is 0 Å². The first-order chi connectivity index (χ1) is 10.2. The Labute approximate surface area is 121 Å².